The van der Waals surface area contributed by atoms with Crippen molar-refractivity contribution in [3.63, 3.8) is 0 Å². The Kier molecular flexibility index (Phi) is 7.02. The molecule has 0 saturated carbocycles. The number of phenolic OH excluding ortho intramolecular Hbond substituents is 1. The van der Waals surface area contributed by atoms with E-state index in [0.717, 1.165) is 16.9 Å². The lowest BCUT2D eigenvalue weighted by atomic mass is 9.92. The fourth-order valence-corrected chi connectivity index (χ4v) is 3.50. The lowest BCUT2D eigenvalue weighted by molar-refractivity contribution is -0.123. The molecule has 7 nitrogen and oxygen atoms in total. The zero-order valence-corrected chi connectivity index (χ0v) is 17.9. The van der Waals surface area contributed by atoms with Crippen molar-refractivity contribution in [2.24, 2.45) is 5.73 Å². The van der Waals surface area contributed by atoms with E-state index in [0.29, 0.717) is 5.56 Å². The second-order valence-electron chi connectivity index (χ2n) is 7.38. The molecule has 0 unspecified atom stereocenters. The summed E-state index contributed by atoms with van der Waals surface area (Å²) in [5.41, 5.74) is 7.00. The number of carbonyl (C=O) groups is 3. The molecule has 0 aliphatic heterocycles. The van der Waals surface area contributed by atoms with Gasteiger partial charge >= 0.3 is 5.97 Å². The quantitative estimate of drug-likeness (QED) is 0.588. The number of rotatable bonds is 7. The summed E-state index contributed by atoms with van der Waals surface area (Å²) in [6, 6.07) is 4.96. The van der Waals surface area contributed by atoms with Crippen molar-refractivity contribution in [2.75, 3.05) is 5.32 Å². The van der Waals surface area contributed by atoms with E-state index in [9.17, 15) is 19.5 Å². The van der Waals surface area contributed by atoms with Gasteiger partial charge in [-0.25, -0.2) is 4.79 Å². The van der Waals surface area contributed by atoms with Crippen molar-refractivity contribution in [2.45, 2.75) is 52.6 Å². The number of nitrogens with one attached hydrogen (secondary N) is 1. The van der Waals surface area contributed by atoms with Crippen LogP contribution in [0, 0.1) is 0 Å². The molecule has 0 bridgehead atoms. The van der Waals surface area contributed by atoms with Crippen LogP contribution in [0.15, 0.2) is 23.6 Å². The van der Waals surface area contributed by atoms with Crippen LogP contribution in [0.3, 0.4) is 0 Å². The number of carbonyl (C=O) groups excluding carboxylic acids is 3. The van der Waals surface area contributed by atoms with Crippen LogP contribution >= 0.6 is 11.3 Å². The number of aromatic hydroxyl groups is 1. The summed E-state index contributed by atoms with van der Waals surface area (Å²) < 4.78 is 5.28. The summed E-state index contributed by atoms with van der Waals surface area (Å²) in [6.07, 6.45) is -1.14. The van der Waals surface area contributed by atoms with Gasteiger partial charge in [0.2, 0.25) is 0 Å². The summed E-state index contributed by atoms with van der Waals surface area (Å²) >= 11 is 1.14. The highest BCUT2D eigenvalue weighted by Gasteiger charge is 2.25. The number of hydrogen-bond donors (Lipinski definition) is 3. The van der Waals surface area contributed by atoms with Gasteiger partial charge in [0.05, 0.1) is 5.56 Å². The molecular formula is C21H26N2O5S. The fourth-order valence-electron chi connectivity index (χ4n) is 2.70. The predicted octanol–water partition coefficient (Wildman–Crippen LogP) is 3.98. The average Bonchev–Trinajstić information content (AvgIpc) is 3.09. The summed E-state index contributed by atoms with van der Waals surface area (Å²) in [6.45, 7) is 9.22. The van der Waals surface area contributed by atoms with Crippen LogP contribution < -0.4 is 11.1 Å². The molecule has 2 rings (SSSR count). The van der Waals surface area contributed by atoms with Crippen molar-refractivity contribution in [1.82, 2.24) is 0 Å². The second-order valence-corrected chi connectivity index (χ2v) is 8.30. The molecule has 1 aromatic carbocycles. The molecule has 0 aliphatic carbocycles. The Morgan fingerprint density at radius 2 is 1.72 bits per heavy atom. The van der Waals surface area contributed by atoms with Gasteiger partial charge in [-0.05, 0) is 47.4 Å². The third kappa shape index (κ3) is 5.14. The number of amides is 2. The third-order valence-electron chi connectivity index (χ3n) is 4.49. The molecule has 0 aliphatic rings. The maximum Gasteiger partial charge on any atom is 0.342 e. The van der Waals surface area contributed by atoms with E-state index in [-0.39, 0.29) is 33.7 Å². The SMILES string of the molecule is CC(C)c1cc(C(=O)O[C@@H](C)C(=O)Nc2sccc2C(N)=O)c(O)c(C(C)C)c1. The topological polar surface area (TPSA) is 119 Å². The van der Waals surface area contributed by atoms with Gasteiger partial charge in [0.25, 0.3) is 11.8 Å². The number of nitrogens with two attached hydrogens (primary N) is 1. The third-order valence-corrected chi connectivity index (χ3v) is 5.32. The molecule has 2 amide bonds. The van der Waals surface area contributed by atoms with Gasteiger partial charge < -0.3 is 20.9 Å². The molecule has 2 aromatic rings. The highest BCUT2D eigenvalue weighted by atomic mass is 32.1. The number of ether oxygens (including phenoxy) is 1. The second kappa shape index (κ2) is 9.09. The monoisotopic (exact) mass is 418 g/mol. The van der Waals surface area contributed by atoms with Crippen molar-refractivity contribution in [3.05, 3.63) is 45.8 Å². The molecule has 0 saturated heterocycles. The molecular weight excluding hydrogens is 392 g/mol. The smallest absolute Gasteiger partial charge is 0.342 e. The highest BCUT2D eigenvalue weighted by Crippen LogP contribution is 2.33. The van der Waals surface area contributed by atoms with Crippen molar-refractivity contribution < 1.29 is 24.2 Å². The van der Waals surface area contributed by atoms with E-state index in [1.165, 1.54) is 13.0 Å². The van der Waals surface area contributed by atoms with Gasteiger partial charge in [0.15, 0.2) is 6.10 Å². The van der Waals surface area contributed by atoms with Crippen LogP contribution in [0.5, 0.6) is 5.75 Å². The minimum absolute atomic E-state index is 0.00650. The molecule has 1 atom stereocenters. The van der Waals surface area contributed by atoms with E-state index >= 15 is 0 Å². The van der Waals surface area contributed by atoms with E-state index in [4.69, 9.17) is 10.5 Å². The van der Waals surface area contributed by atoms with Crippen LogP contribution in [0.25, 0.3) is 0 Å². The van der Waals surface area contributed by atoms with Crippen LogP contribution in [0.1, 0.15) is 78.3 Å². The Hall–Kier alpha value is -2.87. The van der Waals surface area contributed by atoms with E-state index in [1.54, 1.807) is 11.4 Å². The van der Waals surface area contributed by atoms with Gasteiger partial charge in [-0.2, -0.15) is 0 Å². The Morgan fingerprint density at radius 3 is 2.28 bits per heavy atom. The molecule has 156 valence electrons. The van der Waals surface area contributed by atoms with E-state index in [1.807, 2.05) is 33.8 Å². The zero-order chi connectivity index (χ0) is 21.9. The Morgan fingerprint density at radius 1 is 1.07 bits per heavy atom. The Balaban J connectivity index is 2.21. The molecule has 8 heteroatoms. The van der Waals surface area contributed by atoms with Crippen LogP contribution in [-0.4, -0.2) is 29.0 Å². The lowest BCUT2D eigenvalue weighted by Gasteiger charge is -2.18. The molecule has 1 heterocycles. The molecule has 0 radical (unpaired) electrons. The number of primary amides is 1. The van der Waals surface area contributed by atoms with Gasteiger partial charge in [-0.1, -0.05) is 33.8 Å². The lowest BCUT2D eigenvalue weighted by Crippen LogP contribution is -2.30. The standard InChI is InChI=1S/C21H26N2O5S/c1-10(2)13-8-15(11(3)4)17(24)16(9-13)21(27)28-12(5)19(26)23-20-14(18(22)25)6-7-29-20/h6-12,24H,1-5H3,(H2,22,25)(H,23,26)/t12-/m0/s1. The van der Waals surface area contributed by atoms with Gasteiger partial charge in [-0.3, -0.25) is 9.59 Å². The molecule has 1 aromatic heterocycles. The number of phenols is 1. The fraction of sp³-hybridized carbons (Fsp3) is 0.381. The maximum atomic E-state index is 12.7. The number of hydrogen-bond acceptors (Lipinski definition) is 6. The number of thiophene rings is 1. The molecule has 0 spiro atoms. The van der Waals surface area contributed by atoms with Crippen molar-refractivity contribution in [3.8, 4) is 5.75 Å². The Labute approximate surface area is 173 Å². The summed E-state index contributed by atoms with van der Waals surface area (Å²) in [5.74, 6) is -2.06. The van der Waals surface area contributed by atoms with Crippen molar-refractivity contribution >= 4 is 34.1 Å². The van der Waals surface area contributed by atoms with Crippen LogP contribution in [-0.2, 0) is 9.53 Å². The summed E-state index contributed by atoms with van der Waals surface area (Å²) in [7, 11) is 0. The minimum atomic E-state index is -1.14. The van der Waals surface area contributed by atoms with Gasteiger partial charge in [0, 0.05) is 0 Å². The number of anilines is 1. The van der Waals surface area contributed by atoms with Crippen LogP contribution in [0.4, 0.5) is 5.00 Å². The first-order valence-corrected chi connectivity index (χ1v) is 10.2. The molecule has 4 N–H and O–H groups in total. The molecule has 0 fully saturated rings. The zero-order valence-electron chi connectivity index (χ0n) is 17.1. The highest BCUT2D eigenvalue weighted by molar-refractivity contribution is 7.14. The van der Waals surface area contributed by atoms with E-state index < -0.39 is 23.9 Å². The van der Waals surface area contributed by atoms with Crippen LogP contribution in [0.2, 0.25) is 0 Å². The van der Waals surface area contributed by atoms with E-state index in [2.05, 4.69) is 5.32 Å². The first kappa shape index (κ1) is 22.4. The Bertz CT molecular complexity index is 933. The largest absolute Gasteiger partial charge is 0.507 e. The summed E-state index contributed by atoms with van der Waals surface area (Å²) in [4.78, 5) is 36.4. The number of benzene rings is 1. The average molecular weight is 419 g/mol. The molecule has 29 heavy (non-hydrogen) atoms. The van der Waals surface area contributed by atoms with Crippen molar-refractivity contribution in [1.29, 1.82) is 0 Å². The normalized spacial score (nSPS) is 12.1. The summed E-state index contributed by atoms with van der Waals surface area (Å²) in [5, 5.41) is 15.0. The first-order chi connectivity index (χ1) is 13.5. The number of esters is 1. The maximum absolute atomic E-state index is 12.7. The minimum Gasteiger partial charge on any atom is -0.507 e. The van der Waals surface area contributed by atoms with Gasteiger partial charge in [-0.15, -0.1) is 11.3 Å². The van der Waals surface area contributed by atoms with Gasteiger partial charge in [0.1, 0.15) is 16.3 Å². The predicted molar refractivity (Wildman–Crippen MR) is 113 cm³/mol. The first-order valence-electron chi connectivity index (χ1n) is 9.28.